The minimum Gasteiger partial charge on any atom is -0.476 e. The van der Waals surface area contributed by atoms with E-state index in [9.17, 15) is 13.2 Å². The van der Waals surface area contributed by atoms with Gasteiger partial charge in [-0.1, -0.05) is 41.9 Å². The molecule has 0 aliphatic carbocycles. The number of halogens is 1. The molecule has 164 valence electrons. The van der Waals surface area contributed by atoms with Gasteiger partial charge in [0.1, 0.15) is 5.75 Å². The van der Waals surface area contributed by atoms with Crippen LogP contribution < -0.4 is 13.9 Å². The topological polar surface area (TPSA) is 66.9 Å². The summed E-state index contributed by atoms with van der Waals surface area (Å²) in [4.78, 5) is 15.4. The molecule has 0 saturated heterocycles. The molecular weight excluding hydrogens is 448 g/mol. The Balaban J connectivity index is 1.52. The van der Waals surface area contributed by atoms with Crippen LogP contribution in [0.2, 0.25) is 5.02 Å². The molecule has 5 rings (SSSR count). The van der Waals surface area contributed by atoms with Crippen LogP contribution in [0.5, 0.6) is 5.75 Å². The van der Waals surface area contributed by atoms with Gasteiger partial charge in [-0.25, -0.2) is 8.42 Å². The molecule has 1 atom stereocenters. The Hall–Kier alpha value is -3.03. The van der Waals surface area contributed by atoms with Crippen molar-refractivity contribution in [3.05, 3.63) is 83.4 Å². The summed E-state index contributed by atoms with van der Waals surface area (Å²) in [7, 11) is -3.93. The summed E-state index contributed by atoms with van der Waals surface area (Å²) in [5.74, 6) is 0.114. The molecule has 6 nitrogen and oxygen atoms in total. The summed E-state index contributed by atoms with van der Waals surface area (Å²) in [6.45, 7) is 0.459. The number of hydrogen-bond donors (Lipinski definition) is 0. The summed E-state index contributed by atoms with van der Waals surface area (Å²) in [5, 5.41) is 0.447. The van der Waals surface area contributed by atoms with Crippen LogP contribution in [0, 0.1) is 0 Å². The molecule has 0 fully saturated rings. The van der Waals surface area contributed by atoms with Gasteiger partial charge in [-0.05, 0) is 60.9 Å². The van der Waals surface area contributed by atoms with Crippen molar-refractivity contribution in [1.82, 2.24) is 0 Å². The molecule has 0 bridgehead atoms. The number of anilines is 2. The van der Waals surface area contributed by atoms with Crippen molar-refractivity contribution in [2.75, 3.05) is 22.3 Å². The molecule has 32 heavy (non-hydrogen) atoms. The standard InChI is InChI=1S/C24H21ClN2O4S/c25-18-11-13-19(14-12-18)32(29,30)27-16-23(31-22-10-4-3-9-21(22)27)24(28)26-15-5-7-17-6-1-2-8-20(17)26/h1-4,6,8-14,23H,5,7,15-16H2/t23-/m1/s1. The van der Waals surface area contributed by atoms with E-state index in [1.165, 1.54) is 28.6 Å². The Kier molecular flexibility index (Phi) is 5.31. The van der Waals surface area contributed by atoms with E-state index in [-0.39, 0.29) is 17.3 Å². The van der Waals surface area contributed by atoms with E-state index < -0.39 is 16.1 Å². The molecule has 0 saturated carbocycles. The van der Waals surface area contributed by atoms with E-state index in [1.807, 2.05) is 24.3 Å². The fraction of sp³-hybridized carbons (Fsp3) is 0.208. The number of aryl methyl sites for hydroxylation is 1. The molecule has 2 aliphatic rings. The zero-order valence-electron chi connectivity index (χ0n) is 17.1. The van der Waals surface area contributed by atoms with E-state index in [0.29, 0.717) is 23.0 Å². The van der Waals surface area contributed by atoms with E-state index >= 15 is 0 Å². The second kappa shape index (κ2) is 8.15. The second-order valence-electron chi connectivity index (χ2n) is 7.79. The van der Waals surface area contributed by atoms with Crippen LogP contribution in [0.25, 0.3) is 0 Å². The first-order valence-corrected chi connectivity index (χ1v) is 12.2. The van der Waals surface area contributed by atoms with Crippen LogP contribution in [-0.4, -0.2) is 33.5 Å². The van der Waals surface area contributed by atoms with E-state index in [0.717, 1.165) is 24.1 Å². The summed E-state index contributed by atoms with van der Waals surface area (Å²) in [5.41, 5.74) is 2.37. The number of ether oxygens (including phenoxy) is 1. The Morgan fingerprint density at radius 1 is 0.938 bits per heavy atom. The highest BCUT2D eigenvalue weighted by Gasteiger charge is 2.40. The fourth-order valence-corrected chi connectivity index (χ4v) is 5.83. The summed E-state index contributed by atoms with van der Waals surface area (Å²) >= 11 is 5.94. The van der Waals surface area contributed by atoms with Crippen LogP contribution in [-0.2, 0) is 21.2 Å². The summed E-state index contributed by atoms with van der Waals surface area (Å²) in [6.07, 6.45) is 0.794. The smallest absolute Gasteiger partial charge is 0.269 e. The number of carbonyl (C=O) groups excluding carboxylic acids is 1. The van der Waals surface area contributed by atoms with Gasteiger partial charge in [0.05, 0.1) is 17.1 Å². The molecule has 8 heteroatoms. The molecule has 1 amide bonds. The molecule has 3 aromatic rings. The predicted octanol–water partition coefficient (Wildman–Crippen LogP) is 4.28. The number of rotatable bonds is 3. The van der Waals surface area contributed by atoms with Crippen LogP contribution in [0.15, 0.2) is 77.7 Å². The molecule has 0 N–H and O–H groups in total. The van der Waals surface area contributed by atoms with Gasteiger partial charge in [-0.15, -0.1) is 0 Å². The van der Waals surface area contributed by atoms with Crippen molar-refractivity contribution in [3.63, 3.8) is 0 Å². The first-order chi connectivity index (χ1) is 15.4. The van der Waals surface area contributed by atoms with Gasteiger partial charge in [-0.2, -0.15) is 0 Å². The van der Waals surface area contributed by atoms with E-state index in [4.69, 9.17) is 16.3 Å². The highest BCUT2D eigenvalue weighted by atomic mass is 35.5. The molecule has 2 heterocycles. The Bertz CT molecular complexity index is 1280. The third-order valence-electron chi connectivity index (χ3n) is 5.79. The quantitative estimate of drug-likeness (QED) is 0.575. The Morgan fingerprint density at radius 2 is 1.62 bits per heavy atom. The molecule has 0 radical (unpaired) electrons. The third-order valence-corrected chi connectivity index (χ3v) is 7.83. The normalized spacial score (nSPS) is 17.8. The Morgan fingerprint density at radius 3 is 2.41 bits per heavy atom. The van der Waals surface area contributed by atoms with Crippen LogP contribution in [0.1, 0.15) is 12.0 Å². The lowest BCUT2D eigenvalue weighted by Gasteiger charge is -2.38. The maximum Gasteiger partial charge on any atom is 0.269 e. The zero-order chi connectivity index (χ0) is 22.3. The molecule has 3 aromatic carbocycles. The minimum absolute atomic E-state index is 0.105. The third kappa shape index (κ3) is 3.61. The maximum atomic E-state index is 13.5. The molecule has 0 spiro atoms. The Labute approximate surface area is 192 Å². The number of hydrogen-bond acceptors (Lipinski definition) is 4. The first kappa shape index (κ1) is 20.8. The summed E-state index contributed by atoms with van der Waals surface area (Å²) in [6, 6.07) is 20.7. The largest absolute Gasteiger partial charge is 0.476 e. The average Bonchev–Trinajstić information content (AvgIpc) is 2.82. The number of benzene rings is 3. The van der Waals surface area contributed by atoms with Crippen molar-refractivity contribution >= 4 is 38.9 Å². The highest BCUT2D eigenvalue weighted by molar-refractivity contribution is 7.92. The lowest BCUT2D eigenvalue weighted by Crippen LogP contribution is -2.52. The molecule has 2 aliphatic heterocycles. The zero-order valence-corrected chi connectivity index (χ0v) is 18.7. The van der Waals surface area contributed by atoms with E-state index in [1.54, 1.807) is 29.2 Å². The number of fused-ring (bicyclic) bond motifs is 2. The first-order valence-electron chi connectivity index (χ1n) is 10.4. The minimum atomic E-state index is -3.93. The van der Waals surface area contributed by atoms with Gasteiger partial charge in [0.2, 0.25) is 0 Å². The molecule has 0 aromatic heterocycles. The monoisotopic (exact) mass is 468 g/mol. The SMILES string of the molecule is O=C([C@H]1CN(S(=O)(=O)c2ccc(Cl)cc2)c2ccccc2O1)N1CCCc2ccccc21. The van der Waals surface area contributed by atoms with Gasteiger partial charge in [0.15, 0.2) is 6.10 Å². The van der Waals surface area contributed by atoms with Crippen molar-refractivity contribution in [2.24, 2.45) is 0 Å². The lowest BCUT2D eigenvalue weighted by atomic mass is 10.0. The van der Waals surface area contributed by atoms with Gasteiger partial charge in [-0.3, -0.25) is 9.10 Å². The van der Waals surface area contributed by atoms with Crippen molar-refractivity contribution < 1.29 is 17.9 Å². The number of para-hydroxylation sites is 3. The van der Waals surface area contributed by atoms with Crippen molar-refractivity contribution in [1.29, 1.82) is 0 Å². The van der Waals surface area contributed by atoms with Crippen LogP contribution in [0.3, 0.4) is 0 Å². The van der Waals surface area contributed by atoms with E-state index in [2.05, 4.69) is 0 Å². The lowest BCUT2D eigenvalue weighted by molar-refractivity contribution is -0.125. The number of sulfonamides is 1. The number of amides is 1. The van der Waals surface area contributed by atoms with Crippen LogP contribution in [0.4, 0.5) is 11.4 Å². The summed E-state index contributed by atoms with van der Waals surface area (Å²) < 4.78 is 34.3. The van der Waals surface area contributed by atoms with Gasteiger partial charge >= 0.3 is 0 Å². The van der Waals surface area contributed by atoms with Crippen molar-refractivity contribution in [3.8, 4) is 5.75 Å². The maximum absolute atomic E-state index is 13.5. The average molecular weight is 469 g/mol. The highest BCUT2D eigenvalue weighted by Crippen LogP contribution is 2.38. The molecular formula is C24H21ClN2O4S. The predicted molar refractivity (Wildman–Crippen MR) is 124 cm³/mol. The molecule has 0 unspecified atom stereocenters. The van der Waals surface area contributed by atoms with Crippen LogP contribution >= 0.6 is 11.6 Å². The fourth-order valence-electron chi connectivity index (χ4n) is 4.23. The number of carbonyl (C=O) groups is 1. The van der Waals surface area contributed by atoms with Gasteiger partial charge in [0, 0.05) is 17.3 Å². The second-order valence-corrected chi connectivity index (χ2v) is 10.1. The van der Waals surface area contributed by atoms with Crippen molar-refractivity contribution in [2.45, 2.75) is 23.8 Å². The van der Waals surface area contributed by atoms with Gasteiger partial charge in [0.25, 0.3) is 15.9 Å². The van der Waals surface area contributed by atoms with Gasteiger partial charge < -0.3 is 9.64 Å². The number of nitrogens with zero attached hydrogens (tertiary/aromatic N) is 2.